The molecule has 0 atom stereocenters. The summed E-state index contributed by atoms with van der Waals surface area (Å²) in [6.45, 7) is 0. The molecule has 3 aromatic rings. The number of rotatable bonds is 3. The van der Waals surface area contributed by atoms with Gasteiger partial charge in [-0.05, 0) is 36.4 Å². The van der Waals surface area contributed by atoms with Crippen LogP contribution in [0.15, 0.2) is 42.5 Å². The molecule has 0 fully saturated rings. The maximum Gasteiger partial charge on any atom is 0.411 e. The molecule has 21 heavy (non-hydrogen) atoms. The van der Waals surface area contributed by atoms with Gasteiger partial charge in [-0.2, -0.15) is 4.98 Å². The van der Waals surface area contributed by atoms with Gasteiger partial charge in [0.1, 0.15) is 5.75 Å². The zero-order valence-corrected chi connectivity index (χ0v) is 11.1. The number of nitrogens with zero attached hydrogens (tertiary/aromatic N) is 3. The molecule has 0 aliphatic rings. The Morgan fingerprint density at radius 1 is 1.24 bits per heavy atom. The highest BCUT2D eigenvalue weighted by Gasteiger charge is 2.10. The highest BCUT2D eigenvalue weighted by Crippen LogP contribution is 2.23. The summed E-state index contributed by atoms with van der Waals surface area (Å²) in [7, 11) is 1.61. The van der Waals surface area contributed by atoms with E-state index in [1.165, 1.54) is 0 Å². The molecule has 0 spiro atoms. The first kappa shape index (κ1) is 12.9. The number of carbonyl (C=O) groups is 1. The minimum Gasteiger partial charge on any atom is -0.497 e. The van der Waals surface area contributed by atoms with Crippen LogP contribution in [0.4, 0.5) is 10.7 Å². The Hall–Kier alpha value is -3.09. The van der Waals surface area contributed by atoms with Crippen molar-refractivity contribution in [1.29, 1.82) is 0 Å². The fourth-order valence-electron chi connectivity index (χ4n) is 2.03. The molecule has 106 valence electrons. The van der Waals surface area contributed by atoms with Crippen molar-refractivity contribution in [1.82, 2.24) is 14.6 Å². The predicted octanol–water partition coefficient (Wildman–Crippen LogP) is 2.49. The molecule has 2 aromatic heterocycles. The highest BCUT2D eigenvalue weighted by molar-refractivity contribution is 5.80. The van der Waals surface area contributed by atoms with E-state index in [4.69, 9.17) is 9.84 Å². The zero-order chi connectivity index (χ0) is 14.8. The Bertz CT molecular complexity index is 796. The number of pyridine rings is 1. The molecular weight excluding hydrogens is 272 g/mol. The molecule has 2 N–H and O–H groups in total. The van der Waals surface area contributed by atoms with Crippen LogP contribution in [0.5, 0.6) is 5.75 Å². The third-order valence-corrected chi connectivity index (χ3v) is 2.96. The summed E-state index contributed by atoms with van der Waals surface area (Å²) in [5, 5.41) is 15.0. The Morgan fingerprint density at radius 3 is 2.67 bits per heavy atom. The van der Waals surface area contributed by atoms with Crippen molar-refractivity contribution in [3.63, 3.8) is 0 Å². The van der Waals surface area contributed by atoms with Gasteiger partial charge in [0.15, 0.2) is 5.65 Å². The molecule has 3 rings (SSSR count). The molecule has 1 aromatic carbocycles. The monoisotopic (exact) mass is 284 g/mol. The van der Waals surface area contributed by atoms with Crippen LogP contribution < -0.4 is 10.1 Å². The van der Waals surface area contributed by atoms with Gasteiger partial charge >= 0.3 is 6.09 Å². The number of hydrogen-bond donors (Lipinski definition) is 2. The molecule has 0 saturated carbocycles. The van der Waals surface area contributed by atoms with Gasteiger partial charge in [0, 0.05) is 5.56 Å². The van der Waals surface area contributed by atoms with Crippen molar-refractivity contribution < 1.29 is 14.6 Å². The summed E-state index contributed by atoms with van der Waals surface area (Å²) in [4.78, 5) is 14.8. The number of ether oxygens (including phenoxy) is 1. The third kappa shape index (κ3) is 2.48. The summed E-state index contributed by atoms with van der Waals surface area (Å²) < 4.78 is 6.72. The van der Waals surface area contributed by atoms with Crippen LogP contribution in [0.3, 0.4) is 0 Å². The molecule has 7 nitrogen and oxygen atoms in total. The lowest BCUT2D eigenvalue weighted by Crippen LogP contribution is -2.08. The molecule has 0 radical (unpaired) electrons. The van der Waals surface area contributed by atoms with Gasteiger partial charge in [0.2, 0.25) is 0 Å². The van der Waals surface area contributed by atoms with E-state index in [1.807, 2.05) is 36.4 Å². The first-order valence-electron chi connectivity index (χ1n) is 6.17. The molecule has 2 heterocycles. The van der Waals surface area contributed by atoms with Crippen LogP contribution in [0, 0.1) is 0 Å². The van der Waals surface area contributed by atoms with E-state index in [1.54, 1.807) is 17.7 Å². The van der Waals surface area contributed by atoms with Crippen molar-refractivity contribution in [2.24, 2.45) is 0 Å². The van der Waals surface area contributed by atoms with Crippen molar-refractivity contribution >= 4 is 17.7 Å². The largest absolute Gasteiger partial charge is 0.497 e. The maximum absolute atomic E-state index is 10.7. The van der Waals surface area contributed by atoms with E-state index >= 15 is 0 Å². The predicted molar refractivity (Wildman–Crippen MR) is 76.6 cm³/mol. The molecule has 0 aliphatic carbocycles. The summed E-state index contributed by atoms with van der Waals surface area (Å²) in [5.74, 6) is 0.807. The third-order valence-electron chi connectivity index (χ3n) is 2.96. The summed E-state index contributed by atoms with van der Waals surface area (Å²) in [6, 6.07) is 13.0. The van der Waals surface area contributed by atoms with Gasteiger partial charge in [0.05, 0.1) is 12.8 Å². The van der Waals surface area contributed by atoms with E-state index in [9.17, 15) is 4.79 Å². The molecule has 0 aliphatic heterocycles. The van der Waals surface area contributed by atoms with Gasteiger partial charge in [-0.15, -0.1) is 5.10 Å². The van der Waals surface area contributed by atoms with Crippen LogP contribution >= 0.6 is 0 Å². The second-order valence-electron chi connectivity index (χ2n) is 4.28. The molecule has 0 unspecified atom stereocenters. The van der Waals surface area contributed by atoms with E-state index in [0.717, 1.165) is 17.0 Å². The second kappa shape index (κ2) is 5.12. The Labute approximate surface area is 119 Å². The highest BCUT2D eigenvalue weighted by atomic mass is 16.5. The number of methoxy groups -OCH3 is 1. The Morgan fingerprint density at radius 2 is 2.00 bits per heavy atom. The molecular formula is C14H12N4O3. The van der Waals surface area contributed by atoms with Gasteiger partial charge < -0.3 is 9.84 Å². The second-order valence-corrected chi connectivity index (χ2v) is 4.28. The Kier molecular flexibility index (Phi) is 3.15. The van der Waals surface area contributed by atoms with E-state index < -0.39 is 6.09 Å². The van der Waals surface area contributed by atoms with Crippen LogP contribution in [0.2, 0.25) is 0 Å². The first-order valence-corrected chi connectivity index (χ1v) is 6.17. The number of fused-ring (bicyclic) bond motifs is 1. The summed E-state index contributed by atoms with van der Waals surface area (Å²) in [6.07, 6.45) is -1.20. The average molecular weight is 284 g/mol. The fraction of sp³-hybridized carbons (Fsp3) is 0.0714. The molecule has 0 bridgehead atoms. The van der Waals surface area contributed by atoms with E-state index in [2.05, 4.69) is 15.4 Å². The Balaban J connectivity index is 2.08. The lowest BCUT2D eigenvalue weighted by atomic mass is 10.1. The number of anilines is 1. The first-order chi connectivity index (χ1) is 10.2. The minimum atomic E-state index is -1.20. The average Bonchev–Trinajstić information content (AvgIpc) is 2.88. The summed E-state index contributed by atoms with van der Waals surface area (Å²) in [5.41, 5.74) is 2.29. The SMILES string of the molecule is COc1ccc(-c2cccc3nc(NC(=O)O)nn23)cc1. The summed E-state index contributed by atoms with van der Waals surface area (Å²) >= 11 is 0. The lowest BCUT2D eigenvalue weighted by Gasteiger charge is -2.05. The molecule has 7 heteroatoms. The quantitative estimate of drug-likeness (QED) is 0.771. The lowest BCUT2D eigenvalue weighted by molar-refractivity contribution is 0.209. The minimum absolute atomic E-state index is 0.0449. The van der Waals surface area contributed by atoms with Crippen molar-refractivity contribution in [2.45, 2.75) is 0 Å². The zero-order valence-electron chi connectivity index (χ0n) is 11.1. The van der Waals surface area contributed by atoms with Crippen molar-refractivity contribution in [2.75, 3.05) is 12.4 Å². The number of hydrogen-bond acceptors (Lipinski definition) is 4. The topological polar surface area (TPSA) is 88.8 Å². The standard InChI is InChI=1S/C14H12N4O3/c1-21-10-7-5-9(6-8-10)11-3-2-4-12-15-13(16-14(19)20)17-18(11)12/h2-8H,1H3,(H,16,17)(H,19,20). The van der Waals surface area contributed by atoms with Crippen LogP contribution in [-0.4, -0.2) is 32.9 Å². The number of benzene rings is 1. The number of aromatic nitrogens is 3. The van der Waals surface area contributed by atoms with Crippen molar-refractivity contribution in [3.05, 3.63) is 42.5 Å². The van der Waals surface area contributed by atoms with E-state index in [0.29, 0.717) is 5.65 Å². The van der Waals surface area contributed by atoms with Gasteiger partial charge in [-0.1, -0.05) is 6.07 Å². The van der Waals surface area contributed by atoms with Crippen LogP contribution in [0.1, 0.15) is 0 Å². The number of carboxylic acid groups (broad SMARTS) is 1. The number of nitrogens with one attached hydrogen (secondary N) is 1. The maximum atomic E-state index is 10.7. The van der Waals surface area contributed by atoms with Gasteiger partial charge in [0.25, 0.3) is 5.95 Å². The van der Waals surface area contributed by atoms with Crippen molar-refractivity contribution in [3.8, 4) is 17.0 Å². The van der Waals surface area contributed by atoms with E-state index in [-0.39, 0.29) is 5.95 Å². The molecule has 1 amide bonds. The van der Waals surface area contributed by atoms with Gasteiger partial charge in [-0.25, -0.2) is 9.31 Å². The fourth-order valence-corrected chi connectivity index (χ4v) is 2.03. The smallest absolute Gasteiger partial charge is 0.411 e. The molecule has 0 saturated heterocycles. The van der Waals surface area contributed by atoms with Gasteiger partial charge in [-0.3, -0.25) is 5.32 Å². The number of amides is 1. The van der Waals surface area contributed by atoms with Crippen LogP contribution in [-0.2, 0) is 0 Å². The normalized spacial score (nSPS) is 10.5. The van der Waals surface area contributed by atoms with Crippen LogP contribution in [0.25, 0.3) is 16.9 Å².